The van der Waals surface area contributed by atoms with Crippen LogP contribution in [0.5, 0.6) is 0 Å². The van der Waals surface area contributed by atoms with Crippen molar-refractivity contribution >= 4 is 45.8 Å². The third-order valence-corrected chi connectivity index (χ3v) is 7.41. The maximum absolute atomic E-state index is 13.7. The van der Waals surface area contributed by atoms with Crippen LogP contribution in [0.1, 0.15) is 40.6 Å². The molecule has 0 bridgehead atoms. The lowest BCUT2D eigenvalue weighted by Gasteiger charge is -2.31. The topological polar surface area (TPSA) is 95.4 Å². The molecule has 1 saturated heterocycles. The largest absolute Gasteiger partial charge is 0.481 e. The molecule has 7 nitrogen and oxygen atoms in total. The molecule has 4 rings (SSSR count). The van der Waals surface area contributed by atoms with Gasteiger partial charge in [-0.15, -0.1) is 11.3 Å². The molecule has 1 amide bonds. The summed E-state index contributed by atoms with van der Waals surface area (Å²) in [7, 11) is 0. The van der Waals surface area contributed by atoms with E-state index in [0.717, 1.165) is 17.4 Å². The van der Waals surface area contributed by atoms with Crippen LogP contribution in [0.4, 0.5) is 28.5 Å². The number of aliphatic carboxylic acids is 1. The molecule has 1 aliphatic rings. The normalized spacial score (nSPS) is 14.6. The third kappa shape index (κ3) is 5.85. The maximum atomic E-state index is 13.7. The lowest BCUT2D eigenvalue weighted by Crippen LogP contribution is -2.37. The second kappa shape index (κ2) is 10.6. The Morgan fingerprint density at radius 2 is 1.95 bits per heavy atom. The van der Waals surface area contributed by atoms with Crippen LogP contribution in [0.15, 0.2) is 30.5 Å². The first-order valence-electron chi connectivity index (χ1n) is 11.3. The molecule has 0 atom stereocenters. The number of alkyl halides is 3. The number of piperidine rings is 1. The van der Waals surface area contributed by atoms with Crippen molar-refractivity contribution in [3.63, 3.8) is 0 Å². The molecule has 0 spiro atoms. The van der Waals surface area contributed by atoms with Crippen molar-refractivity contribution in [3.8, 4) is 11.3 Å². The third-order valence-electron chi connectivity index (χ3n) is 6.01. The summed E-state index contributed by atoms with van der Waals surface area (Å²) in [5, 5.41) is 12.2. The van der Waals surface area contributed by atoms with Gasteiger partial charge >= 0.3 is 12.1 Å². The van der Waals surface area contributed by atoms with Crippen LogP contribution in [-0.4, -0.2) is 40.0 Å². The first-order valence-corrected chi connectivity index (χ1v) is 12.5. The molecule has 0 saturated carbocycles. The number of benzene rings is 1. The zero-order chi connectivity index (χ0) is 26.9. The van der Waals surface area contributed by atoms with Crippen molar-refractivity contribution in [2.75, 3.05) is 23.3 Å². The minimum atomic E-state index is -4.86. The fraction of sp³-hybridized carbons (Fsp3) is 0.333. The lowest BCUT2D eigenvalue weighted by molar-refractivity contribution is -0.142. The predicted octanol–water partition coefficient (Wildman–Crippen LogP) is 6.13. The number of halogens is 5. The van der Waals surface area contributed by atoms with Crippen molar-refractivity contribution in [2.45, 2.75) is 32.4 Å². The predicted molar refractivity (Wildman–Crippen MR) is 132 cm³/mol. The quantitative estimate of drug-likeness (QED) is 0.355. The molecule has 1 aromatic carbocycles. The first-order chi connectivity index (χ1) is 17.5. The molecule has 3 aromatic rings. The highest BCUT2D eigenvalue weighted by atomic mass is 35.5. The average molecular weight is 557 g/mol. The van der Waals surface area contributed by atoms with Crippen molar-refractivity contribution in [2.24, 2.45) is 5.92 Å². The Balaban J connectivity index is 1.51. The van der Waals surface area contributed by atoms with Gasteiger partial charge in [0.05, 0.1) is 27.8 Å². The average Bonchev–Trinajstić information content (AvgIpc) is 3.26. The van der Waals surface area contributed by atoms with Crippen LogP contribution >= 0.6 is 22.9 Å². The van der Waals surface area contributed by atoms with Gasteiger partial charge in [0, 0.05) is 29.7 Å². The number of carbonyl (C=O) groups excluding carboxylic acids is 1. The molecule has 2 aromatic heterocycles. The molecule has 0 radical (unpaired) electrons. The standard InChI is InChI=1S/C24H21ClF4N4O3S/c1-2-18-19(13-3-4-17(26)15(9-13)24(27,28)29)31-23(37-18)32-21(34)14-10-16(25)20(30-11-14)33-7-5-12(6-8-33)22(35)36/h3-4,9-12H,2,5-8H2,1H3,(H,35,36)(H,31,32,34). The molecule has 13 heteroatoms. The second-order valence-electron chi connectivity index (χ2n) is 8.42. The summed E-state index contributed by atoms with van der Waals surface area (Å²) < 4.78 is 53.2. The molecule has 1 fully saturated rings. The van der Waals surface area contributed by atoms with E-state index in [0.29, 0.717) is 49.1 Å². The number of nitrogens with zero attached hydrogens (tertiary/aromatic N) is 3. The summed E-state index contributed by atoms with van der Waals surface area (Å²) in [6, 6.07) is 4.10. The van der Waals surface area contributed by atoms with E-state index in [4.69, 9.17) is 16.7 Å². The Kier molecular flexibility index (Phi) is 7.69. The fourth-order valence-corrected chi connectivity index (χ4v) is 5.26. The lowest BCUT2D eigenvalue weighted by atomic mass is 9.97. The molecule has 0 unspecified atom stereocenters. The van der Waals surface area contributed by atoms with E-state index in [9.17, 15) is 27.2 Å². The van der Waals surface area contributed by atoms with Crippen LogP contribution in [0, 0.1) is 11.7 Å². The minimum absolute atomic E-state index is 0.0862. The summed E-state index contributed by atoms with van der Waals surface area (Å²) >= 11 is 7.47. The summed E-state index contributed by atoms with van der Waals surface area (Å²) in [6.07, 6.45) is -2.17. The number of nitrogens with one attached hydrogen (secondary N) is 1. The van der Waals surface area contributed by atoms with Gasteiger partial charge < -0.3 is 10.0 Å². The SMILES string of the molecule is CCc1sc(NC(=O)c2cnc(N3CCC(C(=O)O)CC3)c(Cl)c2)nc1-c1ccc(F)c(C(F)(F)F)c1. The van der Waals surface area contributed by atoms with Crippen molar-refractivity contribution in [1.82, 2.24) is 9.97 Å². The van der Waals surface area contributed by atoms with Crippen molar-refractivity contribution < 1.29 is 32.3 Å². The summed E-state index contributed by atoms with van der Waals surface area (Å²) in [4.78, 5) is 35.0. The highest BCUT2D eigenvalue weighted by Gasteiger charge is 2.34. The Morgan fingerprint density at radius 3 is 2.54 bits per heavy atom. The van der Waals surface area contributed by atoms with E-state index in [1.165, 1.54) is 18.3 Å². The Labute approximate surface area is 218 Å². The number of thiazole rings is 1. The van der Waals surface area contributed by atoms with Crippen LogP contribution in [0.25, 0.3) is 11.3 Å². The number of carboxylic acid groups (broad SMARTS) is 1. The van der Waals surface area contributed by atoms with Gasteiger partial charge in [-0.2, -0.15) is 13.2 Å². The molecular weight excluding hydrogens is 536 g/mol. The van der Waals surface area contributed by atoms with E-state index >= 15 is 0 Å². The number of aromatic nitrogens is 2. The summed E-state index contributed by atoms with van der Waals surface area (Å²) in [5.41, 5.74) is -0.934. The van der Waals surface area contributed by atoms with Crippen LogP contribution < -0.4 is 10.2 Å². The van der Waals surface area contributed by atoms with Crippen LogP contribution in [0.3, 0.4) is 0 Å². The second-order valence-corrected chi connectivity index (χ2v) is 9.91. The highest BCUT2D eigenvalue weighted by Crippen LogP contribution is 2.37. The van der Waals surface area contributed by atoms with Crippen molar-refractivity contribution in [3.05, 3.63) is 57.3 Å². The molecule has 1 aliphatic heterocycles. The molecule has 37 heavy (non-hydrogen) atoms. The number of carboxylic acids is 1. The summed E-state index contributed by atoms with van der Waals surface area (Å²) in [5.74, 6) is -2.74. The maximum Gasteiger partial charge on any atom is 0.419 e. The molecule has 2 N–H and O–H groups in total. The summed E-state index contributed by atoms with van der Waals surface area (Å²) in [6.45, 7) is 2.73. The number of aryl methyl sites for hydroxylation is 1. The Bertz CT molecular complexity index is 1340. The number of pyridine rings is 1. The van der Waals surface area contributed by atoms with Crippen molar-refractivity contribution in [1.29, 1.82) is 0 Å². The van der Waals surface area contributed by atoms with E-state index in [-0.39, 0.29) is 27.0 Å². The zero-order valence-corrected chi connectivity index (χ0v) is 21.0. The van der Waals surface area contributed by atoms with E-state index in [1.807, 2.05) is 4.90 Å². The molecule has 196 valence electrons. The van der Waals surface area contributed by atoms with Gasteiger partial charge in [-0.3, -0.25) is 14.9 Å². The smallest absolute Gasteiger partial charge is 0.419 e. The number of hydrogen-bond acceptors (Lipinski definition) is 6. The number of hydrogen-bond donors (Lipinski definition) is 2. The number of rotatable bonds is 6. The van der Waals surface area contributed by atoms with E-state index in [2.05, 4.69) is 15.3 Å². The number of carbonyl (C=O) groups is 2. The fourth-order valence-electron chi connectivity index (χ4n) is 4.06. The first kappa shape index (κ1) is 26.8. The zero-order valence-electron chi connectivity index (χ0n) is 19.4. The van der Waals surface area contributed by atoms with Gasteiger partial charge in [0.2, 0.25) is 0 Å². The monoisotopic (exact) mass is 556 g/mol. The molecular formula is C24H21ClF4N4O3S. The van der Waals surface area contributed by atoms with Gasteiger partial charge in [-0.05, 0) is 43.5 Å². The van der Waals surface area contributed by atoms with E-state index in [1.54, 1.807) is 6.92 Å². The number of amides is 1. The number of anilines is 2. The Hall–Kier alpha value is -3.25. The molecule has 0 aliphatic carbocycles. The van der Waals surface area contributed by atoms with Gasteiger partial charge in [-0.1, -0.05) is 18.5 Å². The van der Waals surface area contributed by atoms with Gasteiger partial charge in [0.25, 0.3) is 5.91 Å². The highest BCUT2D eigenvalue weighted by molar-refractivity contribution is 7.16. The Morgan fingerprint density at radius 1 is 1.24 bits per heavy atom. The van der Waals surface area contributed by atoms with Crippen LogP contribution in [-0.2, 0) is 17.4 Å². The van der Waals surface area contributed by atoms with Gasteiger partial charge in [0.15, 0.2) is 5.13 Å². The molecule has 3 heterocycles. The minimum Gasteiger partial charge on any atom is -0.481 e. The van der Waals surface area contributed by atoms with Gasteiger partial charge in [0.1, 0.15) is 11.6 Å². The van der Waals surface area contributed by atoms with Gasteiger partial charge in [-0.25, -0.2) is 14.4 Å². The van der Waals surface area contributed by atoms with E-state index < -0.39 is 35.4 Å². The van der Waals surface area contributed by atoms with Crippen LogP contribution in [0.2, 0.25) is 5.02 Å².